The molecule has 0 aliphatic carbocycles. The van der Waals surface area contributed by atoms with Gasteiger partial charge in [0.25, 0.3) is 11.6 Å². The van der Waals surface area contributed by atoms with Crippen molar-refractivity contribution in [2.24, 2.45) is 0 Å². The zero-order valence-electron chi connectivity index (χ0n) is 15.1. The summed E-state index contributed by atoms with van der Waals surface area (Å²) in [4.78, 5) is 34.6. The maximum atomic E-state index is 12.3. The average Bonchev–Trinajstić information content (AvgIpc) is 3.15. The van der Waals surface area contributed by atoms with E-state index in [0.29, 0.717) is 5.69 Å². The molecule has 3 rings (SSSR count). The van der Waals surface area contributed by atoms with Gasteiger partial charge in [0.15, 0.2) is 12.4 Å². The maximum Gasteiger partial charge on any atom is 0.338 e. The predicted molar refractivity (Wildman–Crippen MR) is 105 cm³/mol. The first kappa shape index (κ1) is 20.5. The van der Waals surface area contributed by atoms with Crippen molar-refractivity contribution in [2.75, 3.05) is 11.9 Å². The van der Waals surface area contributed by atoms with Crippen LogP contribution in [0.5, 0.6) is 0 Å². The third kappa shape index (κ3) is 4.43. The van der Waals surface area contributed by atoms with Crippen LogP contribution in [-0.4, -0.2) is 33.2 Å². The second-order valence-electron chi connectivity index (χ2n) is 5.81. The van der Waals surface area contributed by atoms with E-state index >= 15 is 0 Å². The Labute approximate surface area is 174 Å². The van der Waals surface area contributed by atoms with Gasteiger partial charge >= 0.3 is 5.97 Å². The molecular formula is C19H12ClN5O5. The fraction of sp³-hybridized carbons (Fsp3) is 0.0526. The van der Waals surface area contributed by atoms with E-state index in [9.17, 15) is 25.0 Å². The molecule has 0 spiro atoms. The molecule has 1 aromatic heterocycles. The van der Waals surface area contributed by atoms with Crippen LogP contribution in [0.25, 0.3) is 5.69 Å². The molecule has 11 heteroatoms. The number of anilines is 1. The Morgan fingerprint density at radius 1 is 1.27 bits per heavy atom. The number of amides is 1. The number of nitro groups is 1. The lowest BCUT2D eigenvalue weighted by Gasteiger charge is -2.10. The minimum Gasteiger partial charge on any atom is -0.452 e. The number of halogens is 1. The van der Waals surface area contributed by atoms with Gasteiger partial charge in [-0.3, -0.25) is 14.9 Å². The number of hydrogen-bond acceptors (Lipinski definition) is 7. The van der Waals surface area contributed by atoms with E-state index in [1.165, 1.54) is 23.0 Å². The van der Waals surface area contributed by atoms with Crippen molar-refractivity contribution in [3.63, 3.8) is 0 Å². The first-order chi connectivity index (χ1) is 14.4. The van der Waals surface area contributed by atoms with Crippen molar-refractivity contribution in [3.05, 3.63) is 81.0 Å². The number of carbonyl (C=O) groups excluding carboxylic acids is 2. The second-order valence-corrected chi connectivity index (χ2v) is 6.22. The predicted octanol–water partition coefficient (Wildman–Crippen LogP) is 3.10. The van der Waals surface area contributed by atoms with Gasteiger partial charge in [0, 0.05) is 6.07 Å². The van der Waals surface area contributed by atoms with Crippen LogP contribution >= 0.6 is 11.6 Å². The standard InChI is InChI=1S/C19H12ClN5O5/c20-15-7-6-12(8-16(15)25(28)29)19(27)30-11-17(26)23-18-13(9-21)10-22-24(18)14-4-2-1-3-5-14/h1-8,10H,11H2,(H,23,26). The molecule has 2 aromatic carbocycles. The molecule has 1 heterocycles. The van der Waals surface area contributed by atoms with Crippen LogP contribution in [0.3, 0.4) is 0 Å². The molecule has 0 aliphatic rings. The second kappa shape index (κ2) is 8.85. The first-order valence-electron chi connectivity index (χ1n) is 8.35. The molecule has 1 amide bonds. The number of rotatable bonds is 6. The lowest BCUT2D eigenvalue weighted by Crippen LogP contribution is -2.23. The van der Waals surface area contributed by atoms with Gasteiger partial charge in [-0.2, -0.15) is 10.4 Å². The molecule has 10 nitrogen and oxygen atoms in total. The summed E-state index contributed by atoms with van der Waals surface area (Å²) in [5.74, 6) is -1.55. The summed E-state index contributed by atoms with van der Waals surface area (Å²) in [7, 11) is 0. The van der Waals surface area contributed by atoms with E-state index in [0.717, 1.165) is 6.07 Å². The summed E-state index contributed by atoms with van der Waals surface area (Å²) in [6, 6.07) is 14.1. The number of nitrogens with zero attached hydrogens (tertiary/aromatic N) is 4. The van der Waals surface area contributed by atoms with Crippen LogP contribution in [0.15, 0.2) is 54.7 Å². The number of benzene rings is 2. The minimum atomic E-state index is -0.943. The summed E-state index contributed by atoms with van der Waals surface area (Å²) in [5.41, 5.74) is 0.138. The van der Waals surface area contributed by atoms with Gasteiger partial charge in [-0.25, -0.2) is 9.48 Å². The number of para-hydroxylation sites is 1. The topological polar surface area (TPSA) is 140 Å². The molecule has 0 fully saturated rings. The number of nitro benzene ring substituents is 1. The van der Waals surface area contributed by atoms with Gasteiger partial charge < -0.3 is 10.1 Å². The van der Waals surface area contributed by atoms with Crippen LogP contribution in [0, 0.1) is 21.4 Å². The van der Waals surface area contributed by atoms with Gasteiger partial charge in [0.05, 0.1) is 22.4 Å². The molecule has 0 bridgehead atoms. The molecule has 0 atom stereocenters. The summed E-state index contributed by atoms with van der Waals surface area (Å²) in [6.45, 7) is -0.680. The van der Waals surface area contributed by atoms with Crippen LogP contribution in [0.4, 0.5) is 11.5 Å². The molecular weight excluding hydrogens is 414 g/mol. The highest BCUT2D eigenvalue weighted by Crippen LogP contribution is 2.25. The number of nitriles is 1. The number of carbonyl (C=O) groups is 2. The fourth-order valence-corrected chi connectivity index (χ4v) is 2.66. The summed E-state index contributed by atoms with van der Waals surface area (Å²) >= 11 is 5.70. The van der Waals surface area contributed by atoms with Gasteiger partial charge in [-0.1, -0.05) is 29.8 Å². The monoisotopic (exact) mass is 425 g/mol. The molecule has 150 valence electrons. The van der Waals surface area contributed by atoms with Gasteiger partial charge in [-0.05, 0) is 24.3 Å². The van der Waals surface area contributed by atoms with E-state index in [1.54, 1.807) is 30.3 Å². The Balaban J connectivity index is 1.71. The highest BCUT2D eigenvalue weighted by Gasteiger charge is 2.19. The molecule has 0 saturated carbocycles. The fourth-order valence-electron chi connectivity index (χ4n) is 2.48. The zero-order chi connectivity index (χ0) is 21.7. The normalized spacial score (nSPS) is 10.1. The number of nitrogens with one attached hydrogen (secondary N) is 1. The van der Waals surface area contributed by atoms with Crippen molar-refractivity contribution in [1.82, 2.24) is 9.78 Å². The van der Waals surface area contributed by atoms with Crippen molar-refractivity contribution < 1.29 is 19.2 Å². The SMILES string of the molecule is N#Cc1cnn(-c2ccccc2)c1NC(=O)COC(=O)c1ccc(Cl)c([N+](=O)[O-])c1. The maximum absolute atomic E-state index is 12.3. The number of esters is 1. The van der Waals surface area contributed by atoms with Crippen molar-refractivity contribution in [2.45, 2.75) is 0 Å². The van der Waals surface area contributed by atoms with Crippen LogP contribution in [-0.2, 0) is 9.53 Å². The quantitative estimate of drug-likeness (QED) is 0.363. The van der Waals surface area contributed by atoms with E-state index < -0.39 is 29.1 Å². The Hall–Kier alpha value is -4.23. The Morgan fingerprint density at radius 3 is 2.67 bits per heavy atom. The molecule has 0 radical (unpaired) electrons. The molecule has 0 aliphatic heterocycles. The Kier molecular flexibility index (Phi) is 6.05. The molecule has 3 aromatic rings. The summed E-state index contributed by atoms with van der Waals surface area (Å²) in [5, 5.41) is 26.6. The lowest BCUT2D eigenvalue weighted by atomic mass is 10.2. The number of aromatic nitrogens is 2. The van der Waals surface area contributed by atoms with Gasteiger partial charge in [-0.15, -0.1) is 0 Å². The summed E-state index contributed by atoms with van der Waals surface area (Å²) < 4.78 is 6.27. The van der Waals surface area contributed by atoms with Gasteiger partial charge in [0.2, 0.25) is 0 Å². The van der Waals surface area contributed by atoms with E-state index in [2.05, 4.69) is 10.4 Å². The highest BCUT2D eigenvalue weighted by molar-refractivity contribution is 6.32. The largest absolute Gasteiger partial charge is 0.452 e. The zero-order valence-corrected chi connectivity index (χ0v) is 15.9. The smallest absolute Gasteiger partial charge is 0.338 e. The van der Waals surface area contributed by atoms with E-state index in [1.807, 2.05) is 6.07 Å². The van der Waals surface area contributed by atoms with Crippen molar-refractivity contribution in [3.8, 4) is 11.8 Å². The van der Waals surface area contributed by atoms with Crippen LogP contribution < -0.4 is 5.32 Å². The molecule has 30 heavy (non-hydrogen) atoms. The average molecular weight is 426 g/mol. The van der Waals surface area contributed by atoms with Crippen molar-refractivity contribution in [1.29, 1.82) is 5.26 Å². The first-order valence-corrected chi connectivity index (χ1v) is 8.73. The van der Waals surface area contributed by atoms with Crippen molar-refractivity contribution >= 4 is 35.0 Å². The third-order valence-electron chi connectivity index (χ3n) is 3.86. The van der Waals surface area contributed by atoms with Crippen LogP contribution in [0.2, 0.25) is 5.02 Å². The summed E-state index contributed by atoms with van der Waals surface area (Å²) in [6.07, 6.45) is 1.29. The molecule has 0 unspecified atom stereocenters. The number of ether oxygens (including phenoxy) is 1. The Morgan fingerprint density at radius 2 is 2.00 bits per heavy atom. The van der Waals surface area contributed by atoms with Gasteiger partial charge in [0.1, 0.15) is 16.7 Å². The van der Waals surface area contributed by atoms with E-state index in [-0.39, 0.29) is 22.0 Å². The van der Waals surface area contributed by atoms with Crippen LogP contribution in [0.1, 0.15) is 15.9 Å². The van der Waals surface area contributed by atoms with E-state index in [4.69, 9.17) is 16.3 Å². The molecule has 0 saturated heterocycles. The third-order valence-corrected chi connectivity index (χ3v) is 4.18. The number of hydrogen-bond donors (Lipinski definition) is 1. The highest BCUT2D eigenvalue weighted by atomic mass is 35.5. The minimum absolute atomic E-state index is 0.117. The Bertz CT molecular complexity index is 1170. The molecule has 1 N–H and O–H groups in total. The lowest BCUT2D eigenvalue weighted by molar-refractivity contribution is -0.384.